The van der Waals surface area contributed by atoms with Gasteiger partial charge >= 0.3 is 0 Å². The molecule has 0 aliphatic carbocycles. The number of hydrogen-bond donors (Lipinski definition) is 0. The summed E-state index contributed by atoms with van der Waals surface area (Å²) in [5, 5.41) is 1.97. The molecular formula is C32H26F4Si. The van der Waals surface area contributed by atoms with Crippen LogP contribution in [0.5, 0.6) is 0 Å². The molecule has 0 atom stereocenters. The summed E-state index contributed by atoms with van der Waals surface area (Å²) < 4.78 is 57.5. The van der Waals surface area contributed by atoms with Gasteiger partial charge < -0.3 is 0 Å². The largest absolute Gasteiger partial charge is 0.204 e. The van der Waals surface area contributed by atoms with Gasteiger partial charge in [-0.05, 0) is 68.1 Å². The SMILES string of the molecule is CC[Si]1(CC)C(c2ccc(F)c(F)c2)=C(c2ccccc2)C(c2ccccc2)=C1c1ccc(F)c(F)c1. The molecule has 0 radical (unpaired) electrons. The summed E-state index contributed by atoms with van der Waals surface area (Å²) in [7, 11) is -2.71. The molecule has 5 heteroatoms. The molecule has 1 heterocycles. The van der Waals surface area contributed by atoms with Crippen LogP contribution in [0.3, 0.4) is 0 Å². The van der Waals surface area contributed by atoms with Crippen molar-refractivity contribution in [3.05, 3.63) is 143 Å². The normalized spacial score (nSPS) is 15.0. The Morgan fingerprint density at radius 3 is 1.16 bits per heavy atom. The molecule has 0 nitrogen and oxygen atoms in total. The zero-order chi connectivity index (χ0) is 26.2. The predicted molar refractivity (Wildman–Crippen MR) is 146 cm³/mol. The van der Waals surface area contributed by atoms with Crippen LogP contribution < -0.4 is 0 Å². The van der Waals surface area contributed by atoms with Crippen molar-refractivity contribution < 1.29 is 17.6 Å². The Kier molecular flexibility index (Phi) is 6.74. The van der Waals surface area contributed by atoms with Gasteiger partial charge in [0.25, 0.3) is 0 Å². The Morgan fingerprint density at radius 1 is 0.459 bits per heavy atom. The highest BCUT2D eigenvalue weighted by molar-refractivity contribution is 7.14. The van der Waals surface area contributed by atoms with E-state index in [1.165, 1.54) is 24.3 Å². The van der Waals surface area contributed by atoms with Crippen molar-refractivity contribution in [2.24, 2.45) is 0 Å². The molecule has 5 rings (SSSR count). The van der Waals surface area contributed by atoms with Crippen LogP contribution >= 0.6 is 0 Å². The third-order valence-electron chi connectivity index (χ3n) is 7.46. The molecule has 1 aliphatic heterocycles. The van der Waals surface area contributed by atoms with Crippen LogP contribution in [0.4, 0.5) is 17.6 Å². The van der Waals surface area contributed by atoms with Crippen molar-refractivity contribution in [3.63, 3.8) is 0 Å². The van der Waals surface area contributed by atoms with E-state index in [1.54, 1.807) is 12.1 Å². The van der Waals surface area contributed by atoms with Crippen molar-refractivity contribution >= 4 is 29.6 Å². The number of benzene rings is 4. The summed E-state index contributed by atoms with van der Waals surface area (Å²) >= 11 is 0. The molecule has 4 aromatic rings. The molecule has 0 saturated carbocycles. The maximum absolute atomic E-state index is 14.7. The van der Waals surface area contributed by atoms with Crippen LogP contribution in [0.1, 0.15) is 36.1 Å². The lowest BCUT2D eigenvalue weighted by Crippen LogP contribution is -2.35. The summed E-state index contributed by atoms with van der Waals surface area (Å²) in [6.45, 7) is 4.21. The van der Waals surface area contributed by atoms with E-state index >= 15 is 0 Å². The molecule has 0 spiro atoms. The van der Waals surface area contributed by atoms with Crippen molar-refractivity contribution in [2.45, 2.75) is 25.9 Å². The number of hydrogen-bond acceptors (Lipinski definition) is 0. The van der Waals surface area contributed by atoms with Gasteiger partial charge in [-0.1, -0.05) is 98.7 Å². The zero-order valence-corrected chi connectivity index (χ0v) is 21.7. The number of allylic oxidation sites excluding steroid dienone is 2. The van der Waals surface area contributed by atoms with E-state index in [0.29, 0.717) is 11.1 Å². The molecule has 0 aromatic heterocycles. The van der Waals surface area contributed by atoms with Crippen LogP contribution in [-0.4, -0.2) is 8.07 Å². The lowest BCUT2D eigenvalue weighted by molar-refractivity contribution is 0.508. The predicted octanol–water partition coefficient (Wildman–Crippen LogP) is 9.35. The first-order chi connectivity index (χ1) is 17.9. The molecule has 186 valence electrons. The number of rotatable bonds is 6. The van der Waals surface area contributed by atoms with E-state index in [-0.39, 0.29) is 0 Å². The van der Waals surface area contributed by atoms with Crippen LogP contribution in [-0.2, 0) is 0 Å². The lowest BCUT2D eigenvalue weighted by Gasteiger charge is -2.33. The molecular weight excluding hydrogens is 488 g/mol. The highest BCUT2D eigenvalue weighted by Gasteiger charge is 2.48. The topological polar surface area (TPSA) is 0 Å². The molecule has 0 amide bonds. The second-order valence-electron chi connectivity index (χ2n) is 9.28. The van der Waals surface area contributed by atoms with E-state index in [4.69, 9.17) is 0 Å². The van der Waals surface area contributed by atoms with Gasteiger partial charge in [-0.25, -0.2) is 17.6 Å². The molecule has 0 N–H and O–H groups in total. The summed E-state index contributed by atoms with van der Waals surface area (Å²) in [4.78, 5) is 0. The van der Waals surface area contributed by atoms with Gasteiger partial charge in [0.1, 0.15) is 8.07 Å². The Morgan fingerprint density at radius 2 is 0.838 bits per heavy atom. The third kappa shape index (κ3) is 4.17. The van der Waals surface area contributed by atoms with Gasteiger partial charge in [0.15, 0.2) is 23.3 Å². The van der Waals surface area contributed by atoms with E-state index in [1.807, 2.05) is 60.7 Å². The van der Waals surface area contributed by atoms with Crippen LogP contribution in [0, 0.1) is 23.3 Å². The number of halogens is 4. The second-order valence-corrected chi connectivity index (χ2v) is 13.9. The second kappa shape index (κ2) is 9.98. The summed E-state index contributed by atoms with van der Waals surface area (Å²) in [6, 6.07) is 29.4. The van der Waals surface area contributed by atoms with Gasteiger partial charge in [0.2, 0.25) is 0 Å². The van der Waals surface area contributed by atoms with Gasteiger partial charge in [0.05, 0.1) is 0 Å². The minimum absolute atomic E-state index is 0.624. The van der Waals surface area contributed by atoms with E-state index < -0.39 is 31.3 Å². The molecule has 0 saturated heterocycles. The fourth-order valence-electron chi connectivity index (χ4n) is 5.74. The van der Waals surface area contributed by atoms with Crippen LogP contribution in [0.15, 0.2) is 97.1 Å². The fraction of sp³-hybridized carbons (Fsp3) is 0.125. The first-order valence-corrected chi connectivity index (χ1v) is 14.8. The zero-order valence-electron chi connectivity index (χ0n) is 20.7. The van der Waals surface area contributed by atoms with E-state index in [2.05, 4.69) is 13.8 Å². The molecule has 0 fully saturated rings. The summed E-state index contributed by atoms with van der Waals surface area (Å²) in [5.41, 5.74) is 5.01. The Hall–Kier alpha value is -3.70. The van der Waals surface area contributed by atoms with Crippen molar-refractivity contribution in [2.75, 3.05) is 0 Å². The smallest absolute Gasteiger partial charge is 0.159 e. The summed E-state index contributed by atoms with van der Waals surface area (Å²) in [5.74, 6) is -3.62. The minimum atomic E-state index is -2.71. The highest BCUT2D eigenvalue weighted by atomic mass is 28.3. The minimum Gasteiger partial charge on any atom is -0.204 e. The van der Waals surface area contributed by atoms with Gasteiger partial charge in [-0.15, -0.1) is 0 Å². The van der Waals surface area contributed by atoms with Crippen molar-refractivity contribution in [1.82, 2.24) is 0 Å². The average molecular weight is 515 g/mol. The van der Waals surface area contributed by atoms with E-state index in [9.17, 15) is 17.6 Å². The van der Waals surface area contributed by atoms with Gasteiger partial charge in [-0.3, -0.25) is 0 Å². The summed E-state index contributed by atoms with van der Waals surface area (Å²) in [6.07, 6.45) is 0. The fourth-order valence-corrected chi connectivity index (χ4v) is 10.8. The quantitative estimate of drug-likeness (QED) is 0.178. The maximum Gasteiger partial charge on any atom is 0.159 e. The van der Waals surface area contributed by atoms with Gasteiger partial charge in [0, 0.05) is 0 Å². The van der Waals surface area contributed by atoms with Gasteiger partial charge in [-0.2, -0.15) is 0 Å². The van der Waals surface area contributed by atoms with E-state index in [0.717, 1.165) is 44.8 Å². The lowest BCUT2D eigenvalue weighted by atomic mass is 9.89. The Labute approximate surface area is 215 Å². The highest BCUT2D eigenvalue weighted by Crippen LogP contribution is 2.58. The monoisotopic (exact) mass is 514 g/mol. The first-order valence-electron chi connectivity index (χ1n) is 12.4. The first kappa shape index (κ1) is 25.0. The molecule has 1 aliphatic rings. The standard InChI is InChI=1S/C32H26F4Si/c1-3-37(4-2)31(23-15-17-25(33)27(35)19-23)29(21-11-7-5-8-12-21)30(22-13-9-6-10-14-22)32(37)24-16-18-26(34)28(36)20-24/h5-20H,3-4H2,1-2H3. The van der Waals surface area contributed by atoms with Crippen LogP contribution in [0.25, 0.3) is 21.5 Å². The molecule has 37 heavy (non-hydrogen) atoms. The van der Waals surface area contributed by atoms with Crippen molar-refractivity contribution in [1.29, 1.82) is 0 Å². The Bertz CT molecular complexity index is 1400. The Balaban J connectivity index is 1.98. The molecule has 0 bridgehead atoms. The average Bonchev–Trinajstić information content (AvgIpc) is 3.24. The van der Waals surface area contributed by atoms with Crippen LogP contribution in [0.2, 0.25) is 12.1 Å². The molecule has 4 aromatic carbocycles. The maximum atomic E-state index is 14.7. The third-order valence-corrected chi connectivity index (χ3v) is 12.9. The molecule has 0 unspecified atom stereocenters. The van der Waals surface area contributed by atoms with Crippen molar-refractivity contribution in [3.8, 4) is 0 Å².